The highest BCUT2D eigenvalue weighted by Gasteiger charge is 2.14. The predicted octanol–water partition coefficient (Wildman–Crippen LogP) is 9.40. The van der Waals surface area contributed by atoms with Crippen LogP contribution in [0.15, 0.2) is 0 Å². The van der Waals surface area contributed by atoms with Gasteiger partial charge in [0.25, 0.3) is 0 Å². The molecule has 29 heavy (non-hydrogen) atoms. The number of aliphatic carboxylic acids is 1. The topological polar surface area (TPSA) is 37.3 Å². The summed E-state index contributed by atoms with van der Waals surface area (Å²) < 4.78 is 0. The Balaban J connectivity index is 3.09. The smallest absolute Gasteiger partial charge is 0.316 e. The maximum atomic E-state index is 10.9. The van der Waals surface area contributed by atoms with Crippen LogP contribution in [-0.4, -0.2) is 22.1 Å². The molecule has 2 nitrogen and oxygen atoms in total. The van der Waals surface area contributed by atoms with Crippen LogP contribution in [0.25, 0.3) is 0 Å². The van der Waals surface area contributed by atoms with E-state index in [1.54, 1.807) is 11.8 Å². The Hall–Kier alpha value is -0.180. The number of carbonyl (C=O) groups is 1. The highest BCUT2D eigenvalue weighted by Crippen LogP contribution is 2.18. The van der Waals surface area contributed by atoms with E-state index in [1.807, 2.05) is 6.92 Å². The first kappa shape index (κ1) is 28.8. The zero-order chi connectivity index (χ0) is 21.4. The van der Waals surface area contributed by atoms with Gasteiger partial charge in [0.2, 0.25) is 0 Å². The quantitative estimate of drug-likeness (QED) is 0.155. The van der Waals surface area contributed by atoms with Gasteiger partial charge in [0, 0.05) is 0 Å². The van der Waals surface area contributed by atoms with Crippen molar-refractivity contribution in [1.82, 2.24) is 0 Å². The molecule has 0 amide bonds. The van der Waals surface area contributed by atoms with E-state index in [-0.39, 0.29) is 5.25 Å². The molecule has 0 aromatic carbocycles. The van der Waals surface area contributed by atoms with Gasteiger partial charge in [-0.3, -0.25) is 4.79 Å². The lowest BCUT2D eigenvalue weighted by Crippen LogP contribution is -2.15. The Morgan fingerprint density at radius 2 is 0.897 bits per heavy atom. The third kappa shape index (κ3) is 22.3. The Morgan fingerprint density at radius 3 is 1.17 bits per heavy atom. The molecule has 1 atom stereocenters. The zero-order valence-electron chi connectivity index (χ0n) is 19.9. The minimum atomic E-state index is -0.648. The molecular formula is C26H52O2S. The lowest BCUT2D eigenvalue weighted by Gasteiger charge is -2.08. The lowest BCUT2D eigenvalue weighted by atomic mass is 10.0. The van der Waals surface area contributed by atoms with Crippen molar-refractivity contribution >= 4 is 17.7 Å². The highest BCUT2D eigenvalue weighted by molar-refractivity contribution is 8.00. The predicted molar refractivity (Wildman–Crippen MR) is 132 cm³/mol. The Labute approximate surface area is 187 Å². The molecule has 0 rings (SSSR count). The second-order valence-electron chi connectivity index (χ2n) is 8.82. The van der Waals surface area contributed by atoms with E-state index in [0.717, 1.165) is 12.2 Å². The summed E-state index contributed by atoms with van der Waals surface area (Å²) in [4.78, 5) is 10.9. The Morgan fingerprint density at radius 1 is 0.586 bits per heavy atom. The number of unbranched alkanes of at least 4 members (excludes halogenated alkanes) is 19. The van der Waals surface area contributed by atoms with Crippen LogP contribution in [0.2, 0.25) is 0 Å². The summed E-state index contributed by atoms with van der Waals surface area (Å²) in [5, 5.41) is 8.82. The summed E-state index contributed by atoms with van der Waals surface area (Å²) >= 11 is 1.62. The molecule has 0 aliphatic carbocycles. The summed E-state index contributed by atoms with van der Waals surface area (Å²) in [6.07, 6.45) is 28.8. The van der Waals surface area contributed by atoms with Gasteiger partial charge in [-0.05, 0) is 18.6 Å². The molecule has 0 radical (unpaired) electrons. The average molecular weight is 429 g/mol. The molecule has 0 saturated heterocycles. The van der Waals surface area contributed by atoms with Crippen LogP contribution in [-0.2, 0) is 4.79 Å². The van der Waals surface area contributed by atoms with Gasteiger partial charge in [-0.15, -0.1) is 11.8 Å². The van der Waals surface area contributed by atoms with Crippen LogP contribution in [0.4, 0.5) is 0 Å². The van der Waals surface area contributed by atoms with Gasteiger partial charge in [-0.2, -0.15) is 0 Å². The average Bonchev–Trinajstić information content (AvgIpc) is 2.71. The van der Waals surface area contributed by atoms with E-state index in [0.29, 0.717) is 0 Å². The van der Waals surface area contributed by atoms with Crippen LogP contribution < -0.4 is 0 Å². The summed E-state index contributed by atoms with van der Waals surface area (Å²) in [5.41, 5.74) is 0. The van der Waals surface area contributed by atoms with Crippen molar-refractivity contribution in [3.63, 3.8) is 0 Å². The second kappa shape index (κ2) is 24.1. The van der Waals surface area contributed by atoms with Crippen LogP contribution in [0.3, 0.4) is 0 Å². The van der Waals surface area contributed by atoms with Crippen molar-refractivity contribution in [3.8, 4) is 0 Å². The van der Waals surface area contributed by atoms with E-state index in [9.17, 15) is 4.79 Å². The van der Waals surface area contributed by atoms with Gasteiger partial charge in [0.15, 0.2) is 0 Å². The minimum absolute atomic E-state index is 0.199. The SMILES string of the molecule is CCCCCCCCCCCCCCCCCCCCCCSC(CC)C(=O)O. The molecule has 0 aliphatic rings. The number of hydrogen-bond acceptors (Lipinski definition) is 2. The molecule has 174 valence electrons. The minimum Gasteiger partial charge on any atom is -0.480 e. The Kier molecular flexibility index (Phi) is 23.9. The number of hydrogen-bond donors (Lipinski definition) is 1. The molecule has 0 saturated carbocycles. The van der Waals surface area contributed by atoms with Crippen molar-refractivity contribution < 1.29 is 9.90 Å². The molecule has 0 heterocycles. The van der Waals surface area contributed by atoms with Crippen molar-refractivity contribution in [2.45, 2.75) is 154 Å². The molecule has 0 aromatic heterocycles. The lowest BCUT2D eigenvalue weighted by molar-refractivity contribution is -0.136. The molecule has 3 heteroatoms. The van der Waals surface area contributed by atoms with Crippen molar-refractivity contribution in [2.75, 3.05) is 5.75 Å². The number of rotatable bonds is 24. The Bertz CT molecular complexity index is 333. The second-order valence-corrected chi connectivity index (χ2v) is 10.1. The highest BCUT2D eigenvalue weighted by atomic mass is 32.2. The molecule has 0 bridgehead atoms. The van der Waals surface area contributed by atoms with Gasteiger partial charge in [-0.1, -0.05) is 136 Å². The van der Waals surface area contributed by atoms with Crippen LogP contribution >= 0.6 is 11.8 Å². The first-order valence-electron chi connectivity index (χ1n) is 13.1. The molecule has 0 fully saturated rings. The van der Waals surface area contributed by atoms with E-state index in [1.165, 1.54) is 128 Å². The van der Waals surface area contributed by atoms with E-state index in [2.05, 4.69) is 6.92 Å². The summed E-state index contributed by atoms with van der Waals surface area (Å²) in [6.45, 7) is 4.25. The van der Waals surface area contributed by atoms with Gasteiger partial charge in [0.1, 0.15) is 5.25 Å². The molecule has 0 aromatic rings. The fourth-order valence-corrected chi connectivity index (χ4v) is 4.98. The van der Waals surface area contributed by atoms with Crippen molar-refractivity contribution in [2.24, 2.45) is 0 Å². The standard InChI is InChI=1S/C26H52O2S/c1-3-5-6-7-8-9-10-11-12-13-14-15-16-17-18-19-20-21-22-23-24-29-25(4-2)26(27)28/h25H,3-24H2,1-2H3,(H,27,28). The van der Waals surface area contributed by atoms with Gasteiger partial charge in [-0.25, -0.2) is 0 Å². The zero-order valence-corrected chi connectivity index (χ0v) is 20.7. The maximum Gasteiger partial charge on any atom is 0.316 e. The molecule has 0 spiro atoms. The molecule has 1 N–H and O–H groups in total. The third-order valence-electron chi connectivity index (χ3n) is 5.96. The fourth-order valence-electron chi connectivity index (χ4n) is 3.95. The number of carboxylic acids is 1. The summed E-state index contributed by atoms with van der Waals surface area (Å²) in [7, 11) is 0. The third-order valence-corrected chi connectivity index (χ3v) is 7.42. The van der Waals surface area contributed by atoms with Crippen LogP contribution in [0.1, 0.15) is 149 Å². The first-order chi connectivity index (χ1) is 14.2. The van der Waals surface area contributed by atoms with E-state index in [4.69, 9.17) is 5.11 Å². The van der Waals surface area contributed by atoms with Crippen molar-refractivity contribution in [3.05, 3.63) is 0 Å². The van der Waals surface area contributed by atoms with Crippen molar-refractivity contribution in [1.29, 1.82) is 0 Å². The number of carboxylic acid groups (broad SMARTS) is 1. The van der Waals surface area contributed by atoms with E-state index < -0.39 is 5.97 Å². The van der Waals surface area contributed by atoms with Crippen LogP contribution in [0.5, 0.6) is 0 Å². The van der Waals surface area contributed by atoms with Gasteiger partial charge < -0.3 is 5.11 Å². The van der Waals surface area contributed by atoms with E-state index >= 15 is 0 Å². The summed E-state index contributed by atoms with van der Waals surface area (Å²) in [5.74, 6) is 0.356. The maximum absolute atomic E-state index is 10.9. The monoisotopic (exact) mass is 428 g/mol. The molecule has 0 aliphatic heterocycles. The number of thioether (sulfide) groups is 1. The fraction of sp³-hybridized carbons (Fsp3) is 0.962. The van der Waals surface area contributed by atoms with Crippen LogP contribution in [0, 0.1) is 0 Å². The summed E-state index contributed by atoms with van der Waals surface area (Å²) in [6, 6.07) is 0. The largest absolute Gasteiger partial charge is 0.480 e. The van der Waals surface area contributed by atoms with Gasteiger partial charge in [0.05, 0.1) is 0 Å². The van der Waals surface area contributed by atoms with Gasteiger partial charge >= 0.3 is 5.97 Å². The molecule has 1 unspecified atom stereocenters. The molecular weight excluding hydrogens is 376 g/mol. The first-order valence-corrected chi connectivity index (χ1v) is 14.1. The normalized spacial score (nSPS) is 12.3.